The average molecular weight is 322 g/mol. The fraction of sp³-hybridized carbons (Fsp3) is 0.556. The van der Waals surface area contributed by atoms with E-state index in [1.54, 1.807) is 31.4 Å². The van der Waals surface area contributed by atoms with E-state index in [0.29, 0.717) is 19.6 Å². The Labute approximate surface area is 137 Å². The van der Waals surface area contributed by atoms with Gasteiger partial charge in [-0.05, 0) is 18.6 Å². The molecule has 5 nitrogen and oxygen atoms in total. The minimum Gasteiger partial charge on any atom is -0.462 e. The van der Waals surface area contributed by atoms with Gasteiger partial charge in [-0.2, -0.15) is 0 Å². The lowest BCUT2D eigenvalue weighted by Gasteiger charge is -2.09. The van der Waals surface area contributed by atoms with Crippen molar-refractivity contribution in [2.24, 2.45) is 0 Å². The molecular formula is C18H26O5. The van der Waals surface area contributed by atoms with Gasteiger partial charge >= 0.3 is 11.9 Å². The summed E-state index contributed by atoms with van der Waals surface area (Å²) in [5.74, 6) is -0.995. The molecule has 0 saturated heterocycles. The summed E-state index contributed by atoms with van der Waals surface area (Å²) in [5.41, 5.74) is 0.489. The highest BCUT2D eigenvalue weighted by atomic mass is 16.5. The van der Waals surface area contributed by atoms with Gasteiger partial charge in [0.25, 0.3) is 0 Å². The number of carbonyl (C=O) groups is 2. The minimum atomic E-state index is -0.514. The first kappa shape index (κ1) is 19.2. The number of carbonyl (C=O) groups excluding carboxylic acids is 2. The van der Waals surface area contributed by atoms with Crippen LogP contribution < -0.4 is 0 Å². The summed E-state index contributed by atoms with van der Waals surface area (Å²) in [7, 11) is 1.59. The molecule has 0 aromatic heterocycles. The molecular weight excluding hydrogens is 296 g/mol. The highest BCUT2D eigenvalue weighted by Crippen LogP contribution is 2.13. The summed E-state index contributed by atoms with van der Waals surface area (Å²) in [6, 6.07) is 6.56. The first-order valence-corrected chi connectivity index (χ1v) is 8.13. The van der Waals surface area contributed by atoms with Crippen LogP contribution in [-0.2, 0) is 14.2 Å². The second-order valence-electron chi connectivity index (χ2n) is 5.22. The van der Waals surface area contributed by atoms with E-state index in [1.807, 2.05) is 0 Å². The molecule has 1 aromatic rings. The van der Waals surface area contributed by atoms with E-state index >= 15 is 0 Å². The van der Waals surface area contributed by atoms with E-state index in [0.717, 1.165) is 25.7 Å². The molecule has 0 aliphatic carbocycles. The fourth-order valence-electron chi connectivity index (χ4n) is 2.06. The molecule has 0 bridgehead atoms. The molecule has 0 saturated carbocycles. The van der Waals surface area contributed by atoms with Crippen molar-refractivity contribution in [1.29, 1.82) is 0 Å². The molecule has 0 amide bonds. The van der Waals surface area contributed by atoms with Gasteiger partial charge in [-0.25, -0.2) is 9.59 Å². The lowest BCUT2D eigenvalue weighted by atomic mass is 10.1. The largest absolute Gasteiger partial charge is 0.462 e. The summed E-state index contributed by atoms with van der Waals surface area (Å²) in [4.78, 5) is 24.2. The summed E-state index contributed by atoms with van der Waals surface area (Å²) in [6.45, 7) is 3.28. The maximum absolute atomic E-state index is 12.1. The third kappa shape index (κ3) is 7.28. The van der Waals surface area contributed by atoms with Gasteiger partial charge in [0, 0.05) is 20.1 Å². The molecule has 0 fully saturated rings. The molecule has 23 heavy (non-hydrogen) atoms. The van der Waals surface area contributed by atoms with Crippen LogP contribution in [0.15, 0.2) is 24.3 Å². The van der Waals surface area contributed by atoms with Gasteiger partial charge < -0.3 is 14.2 Å². The van der Waals surface area contributed by atoms with Gasteiger partial charge in [-0.3, -0.25) is 0 Å². The highest BCUT2D eigenvalue weighted by Gasteiger charge is 2.18. The van der Waals surface area contributed by atoms with Gasteiger partial charge in [0.05, 0.1) is 24.3 Å². The van der Waals surface area contributed by atoms with Gasteiger partial charge in [0.15, 0.2) is 0 Å². The Balaban J connectivity index is 2.54. The summed E-state index contributed by atoms with van der Waals surface area (Å²) in [5, 5.41) is 0. The first-order valence-electron chi connectivity index (χ1n) is 8.13. The topological polar surface area (TPSA) is 61.8 Å². The summed E-state index contributed by atoms with van der Waals surface area (Å²) >= 11 is 0. The van der Waals surface area contributed by atoms with Crippen molar-refractivity contribution in [2.45, 2.75) is 39.0 Å². The number of hydrogen-bond acceptors (Lipinski definition) is 5. The molecule has 0 unspecified atom stereocenters. The van der Waals surface area contributed by atoms with Crippen LogP contribution >= 0.6 is 0 Å². The molecule has 1 rings (SSSR count). The predicted octanol–water partition coefficient (Wildman–Crippen LogP) is 3.62. The van der Waals surface area contributed by atoms with Crippen molar-refractivity contribution in [1.82, 2.24) is 0 Å². The number of unbranched alkanes of at least 4 members (excludes halogenated alkanes) is 3. The zero-order chi connectivity index (χ0) is 16.9. The van der Waals surface area contributed by atoms with Crippen LogP contribution in [-0.4, -0.2) is 38.9 Å². The van der Waals surface area contributed by atoms with Crippen LogP contribution in [0.5, 0.6) is 0 Å². The third-order valence-corrected chi connectivity index (χ3v) is 3.32. The Kier molecular flexibility index (Phi) is 9.71. The van der Waals surface area contributed by atoms with E-state index in [2.05, 4.69) is 6.92 Å². The van der Waals surface area contributed by atoms with Crippen molar-refractivity contribution in [3.05, 3.63) is 35.4 Å². The lowest BCUT2D eigenvalue weighted by Crippen LogP contribution is -2.15. The van der Waals surface area contributed by atoms with Crippen LogP contribution in [0, 0.1) is 0 Å². The van der Waals surface area contributed by atoms with E-state index in [9.17, 15) is 9.59 Å². The molecule has 0 aliphatic heterocycles. The van der Waals surface area contributed by atoms with E-state index in [4.69, 9.17) is 14.2 Å². The zero-order valence-electron chi connectivity index (χ0n) is 14.0. The third-order valence-electron chi connectivity index (χ3n) is 3.32. The standard InChI is InChI=1S/C18H26O5/c1-3-4-5-8-13-22-17(19)15-10-6-7-11-16(15)18(20)23-14-9-12-21-2/h6-7,10-11H,3-5,8-9,12-14H2,1-2H3. The molecule has 0 aliphatic rings. The Bertz CT molecular complexity index is 484. The minimum absolute atomic E-state index is 0.239. The monoisotopic (exact) mass is 322 g/mol. The molecule has 5 heteroatoms. The summed E-state index contributed by atoms with van der Waals surface area (Å²) in [6.07, 6.45) is 4.75. The summed E-state index contributed by atoms with van der Waals surface area (Å²) < 4.78 is 15.3. The van der Waals surface area contributed by atoms with Gasteiger partial charge in [-0.1, -0.05) is 38.3 Å². The van der Waals surface area contributed by atoms with Gasteiger partial charge in [0.1, 0.15) is 0 Å². The Morgan fingerprint density at radius 3 is 1.91 bits per heavy atom. The Hall–Kier alpha value is -1.88. The Morgan fingerprint density at radius 1 is 0.826 bits per heavy atom. The maximum atomic E-state index is 12.1. The number of methoxy groups -OCH3 is 1. The van der Waals surface area contributed by atoms with Crippen LogP contribution in [0.25, 0.3) is 0 Å². The van der Waals surface area contributed by atoms with Crippen molar-refractivity contribution in [3.63, 3.8) is 0 Å². The Morgan fingerprint density at radius 2 is 1.39 bits per heavy atom. The molecule has 0 N–H and O–H groups in total. The quantitative estimate of drug-likeness (QED) is 0.460. The fourth-order valence-corrected chi connectivity index (χ4v) is 2.06. The van der Waals surface area contributed by atoms with Crippen molar-refractivity contribution in [2.75, 3.05) is 26.9 Å². The van der Waals surface area contributed by atoms with Crippen LogP contribution in [0.1, 0.15) is 59.7 Å². The van der Waals surface area contributed by atoms with Gasteiger partial charge in [0.2, 0.25) is 0 Å². The number of rotatable bonds is 11. The SMILES string of the molecule is CCCCCCOC(=O)c1ccccc1C(=O)OCCCOC. The number of esters is 2. The molecule has 0 heterocycles. The number of ether oxygens (including phenoxy) is 3. The molecule has 128 valence electrons. The molecule has 0 spiro atoms. The van der Waals surface area contributed by atoms with E-state index < -0.39 is 11.9 Å². The molecule has 0 radical (unpaired) electrons. The van der Waals surface area contributed by atoms with Crippen molar-refractivity contribution < 1.29 is 23.8 Å². The van der Waals surface area contributed by atoms with E-state index in [1.165, 1.54) is 0 Å². The van der Waals surface area contributed by atoms with Gasteiger partial charge in [-0.15, -0.1) is 0 Å². The number of benzene rings is 1. The first-order chi connectivity index (χ1) is 11.2. The van der Waals surface area contributed by atoms with E-state index in [-0.39, 0.29) is 17.7 Å². The number of hydrogen-bond donors (Lipinski definition) is 0. The second-order valence-corrected chi connectivity index (χ2v) is 5.22. The predicted molar refractivity (Wildman–Crippen MR) is 87.6 cm³/mol. The maximum Gasteiger partial charge on any atom is 0.339 e. The lowest BCUT2D eigenvalue weighted by molar-refractivity contribution is 0.0433. The molecule has 1 aromatic carbocycles. The van der Waals surface area contributed by atoms with Crippen LogP contribution in [0.2, 0.25) is 0 Å². The highest BCUT2D eigenvalue weighted by molar-refractivity contribution is 6.03. The normalized spacial score (nSPS) is 10.3. The molecule has 0 atom stereocenters. The zero-order valence-corrected chi connectivity index (χ0v) is 14.0. The van der Waals surface area contributed by atoms with Crippen molar-refractivity contribution in [3.8, 4) is 0 Å². The average Bonchev–Trinajstić information content (AvgIpc) is 2.58. The smallest absolute Gasteiger partial charge is 0.339 e. The second kappa shape index (κ2) is 11.7. The van der Waals surface area contributed by atoms with Crippen LogP contribution in [0.3, 0.4) is 0 Å². The van der Waals surface area contributed by atoms with Crippen LogP contribution in [0.4, 0.5) is 0 Å². The van der Waals surface area contributed by atoms with Crippen molar-refractivity contribution >= 4 is 11.9 Å².